The average molecular weight is 325 g/mol. The van der Waals surface area contributed by atoms with Gasteiger partial charge in [-0.3, -0.25) is 4.79 Å². The van der Waals surface area contributed by atoms with Gasteiger partial charge in [0.25, 0.3) is 5.56 Å². The number of aromatic nitrogens is 2. The number of H-pyrrole nitrogens is 1. The van der Waals surface area contributed by atoms with E-state index in [2.05, 4.69) is 34.3 Å². The van der Waals surface area contributed by atoms with E-state index in [0.29, 0.717) is 12.4 Å². The number of aromatic amines is 1. The number of nitrogens with one attached hydrogen (secondary N) is 2. The van der Waals surface area contributed by atoms with Crippen LogP contribution < -0.4 is 10.9 Å². The standard InChI is InChI=1S/C18H19N3OS/c1-11(12-6-3-2-4-7-12)19-10-15-20-17(22)16-13-8-5-9-14(13)23-18(16)21-15/h2-4,6-7,11,19H,5,8-10H2,1H3,(H,20,21,22)/t11-/m1/s1. The fraction of sp³-hybridized carbons (Fsp3) is 0.333. The highest BCUT2D eigenvalue weighted by atomic mass is 32.1. The summed E-state index contributed by atoms with van der Waals surface area (Å²) < 4.78 is 0. The molecule has 0 saturated carbocycles. The van der Waals surface area contributed by atoms with Gasteiger partial charge in [-0.2, -0.15) is 0 Å². The summed E-state index contributed by atoms with van der Waals surface area (Å²) in [5.74, 6) is 0.713. The molecule has 0 aliphatic heterocycles. The summed E-state index contributed by atoms with van der Waals surface area (Å²) in [5, 5.41) is 4.25. The molecule has 0 fully saturated rings. The van der Waals surface area contributed by atoms with Crippen molar-refractivity contribution in [3.63, 3.8) is 0 Å². The molecule has 1 aromatic carbocycles. The third-order valence-electron chi connectivity index (χ3n) is 4.50. The summed E-state index contributed by atoms with van der Waals surface area (Å²) in [4.78, 5) is 22.3. The van der Waals surface area contributed by atoms with E-state index in [1.54, 1.807) is 11.3 Å². The monoisotopic (exact) mass is 325 g/mol. The number of thiophene rings is 1. The molecule has 3 aromatic rings. The van der Waals surface area contributed by atoms with Crippen molar-refractivity contribution in [1.29, 1.82) is 0 Å². The summed E-state index contributed by atoms with van der Waals surface area (Å²) in [5.41, 5.74) is 2.47. The second kappa shape index (κ2) is 5.91. The summed E-state index contributed by atoms with van der Waals surface area (Å²) in [6, 6.07) is 10.5. The number of hydrogen-bond acceptors (Lipinski definition) is 4. The predicted octanol–water partition coefficient (Wildman–Crippen LogP) is 3.32. The number of benzene rings is 1. The highest BCUT2D eigenvalue weighted by Crippen LogP contribution is 2.34. The number of hydrogen-bond donors (Lipinski definition) is 2. The maximum atomic E-state index is 12.4. The molecule has 1 aliphatic carbocycles. The van der Waals surface area contributed by atoms with Gasteiger partial charge >= 0.3 is 0 Å². The molecule has 0 radical (unpaired) electrons. The van der Waals surface area contributed by atoms with Gasteiger partial charge in [-0.15, -0.1) is 11.3 Å². The highest BCUT2D eigenvalue weighted by Gasteiger charge is 2.21. The van der Waals surface area contributed by atoms with Crippen LogP contribution in [0.15, 0.2) is 35.1 Å². The van der Waals surface area contributed by atoms with E-state index in [0.717, 1.165) is 29.5 Å². The summed E-state index contributed by atoms with van der Waals surface area (Å²) >= 11 is 1.69. The van der Waals surface area contributed by atoms with Crippen molar-refractivity contribution in [1.82, 2.24) is 15.3 Å². The van der Waals surface area contributed by atoms with Crippen LogP contribution in [0.3, 0.4) is 0 Å². The first kappa shape index (κ1) is 14.6. The Hall–Kier alpha value is -1.98. The fourth-order valence-electron chi connectivity index (χ4n) is 3.24. The normalized spacial score (nSPS) is 15.0. The minimum absolute atomic E-state index is 0.0126. The van der Waals surface area contributed by atoms with Crippen LogP contribution in [0.4, 0.5) is 0 Å². The van der Waals surface area contributed by atoms with Crippen molar-refractivity contribution < 1.29 is 0 Å². The third kappa shape index (κ3) is 2.71. The first-order valence-corrected chi connectivity index (χ1v) is 8.86. The van der Waals surface area contributed by atoms with Crippen LogP contribution in [0.2, 0.25) is 0 Å². The van der Waals surface area contributed by atoms with Crippen LogP contribution in [-0.4, -0.2) is 9.97 Å². The third-order valence-corrected chi connectivity index (χ3v) is 5.69. The van der Waals surface area contributed by atoms with E-state index >= 15 is 0 Å². The lowest BCUT2D eigenvalue weighted by atomic mass is 10.1. The molecule has 2 N–H and O–H groups in total. The Morgan fingerprint density at radius 3 is 2.96 bits per heavy atom. The van der Waals surface area contributed by atoms with Crippen LogP contribution >= 0.6 is 11.3 Å². The molecule has 0 unspecified atom stereocenters. The zero-order valence-corrected chi connectivity index (χ0v) is 13.9. The average Bonchev–Trinajstić information content (AvgIpc) is 3.13. The molecular weight excluding hydrogens is 306 g/mol. The van der Waals surface area contributed by atoms with Gasteiger partial charge in [0, 0.05) is 10.9 Å². The largest absolute Gasteiger partial charge is 0.309 e. The second-order valence-electron chi connectivity index (χ2n) is 6.06. The van der Waals surface area contributed by atoms with Crippen LogP contribution in [0, 0.1) is 0 Å². The van der Waals surface area contributed by atoms with Gasteiger partial charge in [0.1, 0.15) is 10.7 Å². The SMILES string of the molecule is C[C@@H](NCc1nc2sc3c(c2c(=O)[nH]1)CCC3)c1ccccc1. The quantitative estimate of drug-likeness (QED) is 0.773. The van der Waals surface area contributed by atoms with Gasteiger partial charge < -0.3 is 10.3 Å². The van der Waals surface area contributed by atoms with E-state index in [1.165, 1.54) is 16.0 Å². The molecule has 2 heterocycles. The first-order valence-electron chi connectivity index (χ1n) is 8.04. The second-order valence-corrected chi connectivity index (χ2v) is 7.15. The van der Waals surface area contributed by atoms with E-state index in [-0.39, 0.29) is 11.6 Å². The lowest BCUT2D eigenvalue weighted by Gasteiger charge is -2.13. The molecule has 4 rings (SSSR count). The van der Waals surface area contributed by atoms with Crippen LogP contribution in [0.5, 0.6) is 0 Å². The van der Waals surface area contributed by atoms with Crippen molar-refractivity contribution in [3.8, 4) is 0 Å². The fourth-order valence-corrected chi connectivity index (χ4v) is 4.52. The van der Waals surface area contributed by atoms with Crippen molar-refractivity contribution in [2.75, 3.05) is 0 Å². The van der Waals surface area contributed by atoms with Gasteiger partial charge in [-0.1, -0.05) is 30.3 Å². The number of aryl methyl sites for hydroxylation is 2. The highest BCUT2D eigenvalue weighted by molar-refractivity contribution is 7.18. The lowest BCUT2D eigenvalue weighted by Crippen LogP contribution is -2.22. The molecule has 23 heavy (non-hydrogen) atoms. The molecule has 0 spiro atoms. The van der Waals surface area contributed by atoms with E-state index in [4.69, 9.17) is 0 Å². The van der Waals surface area contributed by atoms with Crippen molar-refractivity contribution in [3.05, 3.63) is 62.5 Å². The van der Waals surface area contributed by atoms with E-state index < -0.39 is 0 Å². The minimum atomic E-state index is 0.0126. The molecule has 0 bridgehead atoms. The van der Waals surface area contributed by atoms with Crippen molar-refractivity contribution in [2.45, 2.75) is 38.8 Å². The smallest absolute Gasteiger partial charge is 0.259 e. The van der Waals surface area contributed by atoms with Crippen LogP contribution in [-0.2, 0) is 19.4 Å². The Kier molecular flexibility index (Phi) is 3.75. The van der Waals surface area contributed by atoms with E-state index in [1.807, 2.05) is 18.2 Å². The van der Waals surface area contributed by atoms with Gasteiger partial charge in [-0.25, -0.2) is 4.98 Å². The topological polar surface area (TPSA) is 57.8 Å². The summed E-state index contributed by atoms with van der Waals surface area (Å²) in [7, 11) is 0. The zero-order chi connectivity index (χ0) is 15.8. The molecule has 0 amide bonds. The van der Waals surface area contributed by atoms with Crippen molar-refractivity contribution in [2.24, 2.45) is 0 Å². The Bertz CT molecular complexity index is 898. The summed E-state index contributed by atoms with van der Waals surface area (Å²) in [6.07, 6.45) is 3.27. The predicted molar refractivity (Wildman–Crippen MR) is 94.0 cm³/mol. The Labute approximate surface area is 138 Å². The summed E-state index contributed by atoms with van der Waals surface area (Å²) in [6.45, 7) is 2.68. The number of nitrogens with zero attached hydrogens (tertiary/aromatic N) is 1. The first-order chi connectivity index (χ1) is 11.2. The Morgan fingerprint density at radius 2 is 2.13 bits per heavy atom. The minimum Gasteiger partial charge on any atom is -0.309 e. The number of fused-ring (bicyclic) bond motifs is 3. The Balaban J connectivity index is 1.57. The molecule has 0 saturated heterocycles. The van der Waals surface area contributed by atoms with Gasteiger partial charge in [0.2, 0.25) is 0 Å². The number of rotatable bonds is 4. The zero-order valence-electron chi connectivity index (χ0n) is 13.1. The van der Waals surface area contributed by atoms with Crippen LogP contribution in [0.25, 0.3) is 10.2 Å². The molecule has 1 atom stereocenters. The maximum Gasteiger partial charge on any atom is 0.259 e. The molecule has 5 heteroatoms. The molecular formula is C18H19N3OS. The molecule has 2 aromatic heterocycles. The van der Waals surface area contributed by atoms with Gasteiger partial charge in [-0.05, 0) is 37.3 Å². The Morgan fingerprint density at radius 1 is 1.30 bits per heavy atom. The maximum absolute atomic E-state index is 12.4. The van der Waals surface area contributed by atoms with Crippen molar-refractivity contribution >= 4 is 21.6 Å². The van der Waals surface area contributed by atoms with Crippen LogP contribution in [0.1, 0.15) is 41.2 Å². The molecule has 4 nitrogen and oxygen atoms in total. The molecule has 1 aliphatic rings. The van der Waals surface area contributed by atoms with Gasteiger partial charge in [0.05, 0.1) is 11.9 Å². The van der Waals surface area contributed by atoms with E-state index in [9.17, 15) is 4.79 Å². The molecule has 118 valence electrons. The lowest BCUT2D eigenvalue weighted by molar-refractivity contribution is 0.559. The van der Waals surface area contributed by atoms with Gasteiger partial charge in [0.15, 0.2) is 0 Å².